The molecular weight excluding hydrogens is 292 g/mol. The molecule has 1 aliphatic heterocycles. The monoisotopic (exact) mass is 318 g/mol. The van der Waals surface area contributed by atoms with Gasteiger partial charge in [0, 0.05) is 19.3 Å². The lowest BCUT2D eigenvalue weighted by atomic mass is 9.97. The summed E-state index contributed by atoms with van der Waals surface area (Å²) in [7, 11) is 0. The van der Waals surface area contributed by atoms with E-state index in [0.29, 0.717) is 6.54 Å². The van der Waals surface area contributed by atoms with Gasteiger partial charge >= 0.3 is 6.03 Å². The third-order valence-corrected chi connectivity index (χ3v) is 4.42. The fourth-order valence-corrected chi connectivity index (χ4v) is 3.17. The minimum atomic E-state index is -0.168. The molecule has 23 heavy (non-hydrogen) atoms. The van der Waals surface area contributed by atoms with Crippen LogP contribution < -0.4 is 10.6 Å². The van der Waals surface area contributed by atoms with Crippen molar-refractivity contribution in [3.8, 4) is 0 Å². The first kappa shape index (κ1) is 16.1. The van der Waals surface area contributed by atoms with E-state index in [1.54, 1.807) is 6.20 Å². The van der Waals surface area contributed by atoms with Crippen LogP contribution >= 0.6 is 0 Å². The molecule has 1 aliphatic carbocycles. The maximum absolute atomic E-state index is 11.9. The van der Waals surface area contributed by atoms with Crippen molar-refractivity contribution in [1.29, 1.82) is 0 Å². The van der Waals surface area contributed by atoms with Gasteiger partial charge in [0.2, 0.25) is 0 Å². The van der Waals surface area contributed by atoms with Crippen LogP contribution in [0.2, 0.25) is 0 Å². The van der Waals surface area contributed by atoms with Crippen LogP contribution in [-0.2, 0) is 11.3 Å². The Morgan fingerprint density at radius 1 is 1.39 bits per heavy atom. The van der Waals surface area contributed by atoms with Gasteiger partial charge in [-0.25, -0.2) is 4.79 Å². The first-order valence-corrected chi connectivity index (χ1v) is 8.66. The Kier molecular flexibility index (Phi) is 5.69. The summed E-state index contributed by atoms with van der Waals surface area (Å²) in [6.07, 6.45) is 14.2. The van der Waals surface area contributed by atoms with Crippen LogP contribution in [0, 0.1) is 0 Å². The fourth-order valence-electron chi connectivity index (χ4n) is 3.17. The highest BCUT2D eigenvalue weighted by Crippen LogP contribution is 2.19. The number of aromatic nitrogens is 2. The average molecular weight is 318 g/mol. The number of amides is 2. The molecule has 1 aromatic heterocycles. The Labute approximate surface area is 137 Å². The largest absolute Gasteiger partial charge is 0.376 e. The predicted molar refractivity (Wildman–Crippen MR) is 89.4 cm³/mol. The van der Waals surface area contributed by atoms with Crippen LogP contribution in [0.5, 0.6) is 0 Å². The molecule has 6 heteroatoms. The first-order valence-electron chi connectivity index (χ1n) is 8.66. The number of allylic oxidation sites excluding steroid dienone is 1. The Morgan fingerprint density at radius 3 is 3.13 bits per heavy atom. The number of urea groups is 1. The highest BCUT2D eigenvalue weighted by atomic mass is 16.5. The Bertz CT molecular complexity index is 547. The minimum absolute atomic E-state index is 0.168. The Hall–Kier alpha value is -1.82. The van der Waals surface area contributed by atoms with E-state index >= 15 is 0 Å². The zero-order chi connectivity index (χ0) is 15.9. The van der Waals surface area contributed by atoms with Gasteiger partial charge in [0.25, 0.3) is 0 Å². The minimum Gasteiger partial charge on any atom is -0.376 e. The molecule has 2 aliphatic rings. The smallest absolute Gasteiger partial charge is 0.319 e. The van der Waals surface area contributed by atoms with Crippen molar-refractivity contribution < 1.29 is 9.53 Å². The summed E-state index contributed by atoms with van der Waals surface area (Å²) in [5.74, 6) is 0. The maximum Gasteiger partial charge on any atom is 0.319 e. The van der Waals surface area contributed by atoms with E-state index in [0.717, 1.165) is 38.1 Å². The maximum atomic E-state index is 11.9. The van der Waals surface area contributed by atoms with E-state index in [4.69, 9.17) is 4.74 Å². The first-order chi connectivity index (χ1) is 11.3. The molecule has 1 aromatic rings. The van der Waals surface area contributed by atoms with Crippen LogP contribution in [0.4, 0.5) is 10.5 Å². The fraction of sp³-hybridized carbons (Fsp3) is 0.647. The predicted octanol–water partition coefficient (Wildman–Crippen LogP) is 3.07. The number of carbonyl (C=O) groups is 1. The van der Waals surface area contributed by atoms with Crippen molar-refractivity contribution in [3.05, 3.63) is 24.0 Å². The zero-order valence-corrected chi connectivity index (χ0v) is 13.6. The molecule has 1 unspecified atom stereocenters. The van der Waals surface area contributed by atoms with Gasteiger partial charge in [-0.2, -0.15) is 5.10 Å². The number of nitrogens with zero attached hydrogens (tertiary/aromatic N) is 2. The van der Waals surface area contributed by atoms with E-state index in [1.807, 2.05) is 10.9 Å². The summed E-state index contributed by atoms with van der Waals surface area (Å²) < 4.78 is 7.42. The average Bonchev–Trinajstić information content (AvgIpc) is 3.21. The number of rotatable bonds is 6. The molecular formula is C17H26N4O2. The molecule has 1 saturated heterocycles. The molecule has 2 amide bonds. The van der Waals surface area contributed by atoms with Gasteiger partial charge in [0.1, 0.15) is 0 Å². The van der Waals surface area contributed by atoms with Crippen molar-refractivity contribution in [1.82, 2.24) is 15.1 Å². The van der Waals surface area contributed by atoms with E-state index in [2.05, 4.69) is 21.8 Å². The quantitative estimate of drug-likeness (QED) is 0.792. The van der Waals surface area contributed by atoms with Crippen LogP contribution in [0.1, 0.15) is 44.9 Å². The summed E-state index contributed by atoms with van der Waals surface area (Å²) in [5, 5.41) is 10.0. The number of hydrogen-bond donors (Lipinski definition) is 2. The van der Waals surface area contributed by atoms with Crippen LogP contribution in [0.3, 0.4) is 0 Å². The summed E-state index contributed by atoms with van der Waals surface area (Å²) in [6, 6.07) is -0.168. The molecule has 0 aromatic carbocycles. The molecule has 126 valence electrons. The van der Waals surface area contributed by atoms with Crippen molar-refractivity contribution >= 4 is 11.7 Å². The van der Waals surface area contributed by atoms with Gasteiger partial charge < -0.3 is 15.4 Å². The molecule has 0 radical (unpaired) electrons. The van der Waals surface area contributed by atoms with Gasteiger partial charge in [0.15, 0.2) is 0 Å². The van der Waals surface area contributed by atoms with E-state index in [9.17, 15) is 4.79 Å². The van der Waals surface area contributed by atoms with Crippen molar-refractivity contribution in [2.75, 3.05) is 18.5 Å². The van der Waals surface area contributed by atoms with Gasteiger partial charge in [0.05, 0.1) is 24.5 Å². The highest BCUT2D eigenvalue weighted by molar-refractivity contribution is 5.88. The van der Waals surface area contributed by atoms with Gasteiger partial charge in [-0.15, -0.1) is 0 Å². The third-order valence-electron chi connectivity index (χ3n) is 4.42. The number of hydrogen-bond acceptors (Lipinski definition) is 3. The van der Waals surface area contributed by atoms with Gasteiger partial charge in [-0.1, -0.05) is 11.6 Å². The molecule has 0 spiro atoms. The molecule has 3 rings (SSSR count). The lowest BCUT2D eigenvalue weighted by Gasteiger charge is -2.13. The number of carbonyl (C=O) groups excluding carboxylic acids is 1. The standard InChI is InChI=1S/C17H26N4O2/c22-17(18-9-8-14-5-2-1-3-6-14)20-15-11-19-21(12-15)13-16-7-4-10-23-16/h5,11-12,16H,1-4,6-10,13H2,(H2,18,20,22). The number of nitrogens with one attached hydrogen (secondary N) is 2. The summed E-state index contributed by atoms with van der Waals surface area (Å²) in [6.45, 7) is 2.27. The highest BCUT2D eigenvalue weighted by Gasteiger charge is 2.16. The van der Waals surface area contributed by atoms with Gasteiger partial charge in [-0.05, 0) is 44.9 Å². The van der Waals surface area contributed by atoms with Gasteiger partial charge in [-0.3, -0.25) is 4.68 Å². The molecule has 1 atom stereocenters. The zero-order valence-electron chi connectivity index (χ0n) is 13.6. The van der Waals surface area contributed by atoms with E-state index in [-0.39, 0.29) is 12.1 Å². The third kappa shape index (κ3) is 5.10. The lowest BCUT2D eigenvalue weighted by Crippen LogP contribution is -2.29. The van der Waals surface area contributed by atoms with Crippen molar-refractivity contribution in [2.45, 2.75) is 57.6 Å². The second-order valence-electron chi connectivity index (χ2n) is 6.33. The van der Waals surface area contributed by atoms with E-state index < -0.39 is 0 Å². The Morgan fingerprint density at radius 2 is 2.35 bits per heavy atom. The second-order valence-corrected chi connectivity index (χ2v) is 6.33. The molecule has 0 saturated carbocycles. The van der Waals surface area contributed by atoms with Crippen molar-refractivity contribution in [3.63, 3.8) is 0 Å². The normalized spacial score (nSPS) is 21.0. The van der Waals surface area contributed by atoms with Crippen molar-refractivity contribution in [2.24, 2.45) is 0 Å². The number of anilines is 1. The summed E-state index contributed by atoms with van der Waals surface area (Å²) in [5.41, 5.74) is 2.19. The topological polar surface area (TPSA) is 68.2 Å². The number of ether oxygens (including phenoxy) is 1. The molecule has 0 bridgehead atoms. The second kappa shape index (κ2) is 8.15. The van der Waals surface area contributed by atoms with Crippen LogP contribution in [-0.4, -0.2) is 35.1 Å². The molecule has 6 nitrogen and oxygen atoms in total. The molecule has 2 N–H and O–H groups in total. The van der Waals surface area contributed by atoms with Crippen LogP contribution in [0.15, 0.2) is 24.0 Å². The molecule has 2 heterocycles. The lowest BCUT2D eigenvalue weighted by molar-refractivity contribution is 0.0940. The SMILES string of the molecule is O=C(NCCC1=CCCCC1)Nc1cnn(CC2CCCO2)c1. The summed E-state index contributed by atoms with van der Waals surface area (Å²) in [4.78, 5) is 11.9. The van der Waals surface area contributed by atoms with Crippen LogP contribution in [0.25, 0.3) is 0 Å². The summed E-state index contributed by atoms with van der Waals surface area (Å²) >= 11 is 0. The Balaban J connectivity index is 1.37. The molecule has 1 fully saturated rings. The van der Waals surface area contributed by atoms with E-state index in [1.165, 1.54) is 31.3 Å².